The molecule has 1 saturated heterocycles. The summed E-state index contributed by atoms with van der Waals surface area (Å²) in [6, 6.07) is 7.92. The van der Waals surface area contributed by atoms with Gasteiger partial charge in [-0.1, -0.05) is 6.07 Å². The lowest BCUT2D eigenvalue weighted by Gasteiger charge is -2.34. The molecule has 3 rings (SSSR count). The van der Waals surface area contributed by atoms with Gasteiger partial charge in [-0.2, -0.15) is 4.31 Å². The third-order valence-electron chi connectivity index (χ3n) is 3.74. The maximum atomic E-state index is 11.9. The summed E-state index contributed by atoms with van der Waals surface area (Å²) in [7, 11) is -3.09. The van der Waals surface area contributed by atoms with Crippen LogP contribution in [-0.4, -0.2) is 54.9 Å². The van der Waals surface area contributed by atoms with Gasteiger partial charge in [0.05, 0.1) is 10.6 Å². The maximum absolute atomic E-state index is 11.9. The number of rotatable bonds is 4. The van der Waals surface area contributed by atoms with Crippen LogP contribution in [0.3, 0.4) is 0 Å². The van der Waals surface area contributed by atoms with Crippen LogP contribution in [0.1, 0.15) is 6.92 Å². The summed E-state index contributed by atoms with van der Waals surface area (Å²) >= 11 is 1.63. The van der Waals surface area contributed by atoms with Crippen LogP contribution < -0.4 is 4.90 Å². The van der Waals surface area contributed by atoms with Gasteiger partial charge in [0, 0.05) is 26.2 Å². The SMILES string of the molecule is CCS(=O)(=O)N1CCN(c2ccc(-c3cccs3)nn2)CC1. The van der Waals surface area contributed by atoms with Crippen LogP contribution >= 0.6 is 11.3 Å². The minimum atomic E-state index is -3.09. The number of aromatic nitrogens is 2. The van der Waals surface area contributed by atoms with E-state index in [1.807, 2.05) is 29.6 Å². The van der Waals surface area contributed by atoms with E-state index in [0.29, 0.717) is 26.2 Å². The highest BCUT2D eigenvalue weighted by Gasteiger charge is 2.26. The number of nitrogens with zero attached hydrogens (tertiary/aromatic N) is 4. The van der Waals surface area contributed by atoms with E-state index >= 15 is 0 Å². The summed E-state index contributed by atoms with van der Waals surface area (Å²) < 4.78 is 25.3. The number of sulfonamides is 1. The van der Waals surface area contributed by atoms with Crippen molar-refractivity contribution in [1.29, 1.82) is 0 Å². The first-order valence-corrected chi connectivity index (χ1v) is 9.69. The molecule has 1 aliphatic rings. The highest BCUT2D eigenvalue weighted by molar-refractivity contribution is 7.89. The Labute approximate surface area is 134 Å². The quantitative estimate of drug-likeness (QED) is 0.848. The first kappa shape index (κ1) is 15.4. The van der Waals surface area contributed by atoms with Crippen LogP contribution in [0.15, 0.2) is 29.6 Å². The first-order valence-electron chi connectivity index (χ1n) is 7.20. The standard InChI is InChI=1S/C14H18N4O2S2/c1-2-22(19,20)18-9-7-17(8-10-18)14-6-5-12(15-16-14)13-4-3-11-21-13/h3-6,11H,2,7-10H2,1H3. The molecule has 0 N–H and O–H groups in total. The molecule has 8 heteroatoms. The van der Waals surface area contributed by atoms with Crippen LogP contribution in [-0.2, 0) is 10.0 Å². The maximum Gasteiger partial charge on any atom is 0.213 e. The van der Waals surface area contributed by atoms with Gasteiger partial charge in [-0.15, -0.1) is 21.5 Å². The molecule has 0 amide bonds. The van der Waals surface area contributed by atoms with E-state index in [2.05, 4.69) is 15.1 Å². The minimum Gasteiger partial charge on any atom is -0.352 e. The van der Waals surface area contributed by atoms with E-state index in [0.717, 1.165) is 16.4 Å². The molecule has 1 aliphatic heterocycles. The third-order valence-corrected chi connectivity index (χ3v) is 6.52. The van der Waals surface area contributed by atoms with Crippen LogP contribution in [0.5, 0.6) is 0 Å². The topological polar surface area (TPSA) is 66.4 Å². The van der Waals surface area contributed by atoms with E-state index in [1.165, 1.54) is 0 Å². The highest BCUT2D eigenvalue weighted by atomic mass is 32.2. The second-order valence-corrected chi connectivity index (χ2v) is 8.25. The minimum absolute atomic E-state index is 0.155. The van der Waals surface area contributed by atoms with Crippen molar-refractivity contribution in [2.45, 2.75) is 6.92 Å². The monoisotopic (exact) mass is 338 g/mol. The average molecular weight is 338 g/mol. The lowest BCUT2D eigenvalue weighted by Crippen LogP contribution is -2.49. The predicted octanol–water partition coefficient (Wildman–Crippen LogP) is 1.68. The van der Waals surface area contributed by atoms with E-state index < -0.39 is 10.0 Å². The van der Waals surface area contributed by atoms with Gasteiger partial charge in [0.2, 0.25) is 10.0 Å². The zero-order valence-electron chi connectivity index (χ0n) is 12.3. The molecular formula is C14H18N4O2S2. The molecule has 1 fully saturated rings. The Morgan fingerprint density at radius 2 is 1.91 bits per heavy atom. The Balaban J connectivity index is 1.67. The van der Waals surface area contributed by atoms with Crippen molar-refractivity contribution in [2.24, 2.45) is 0 Å². The van der Waals surface area contributed by atoms with Crippen molar-refractivity contribution in [2.75, 3.05) is 36.8 Å². The molecule has 0 radical (unpaired) electrons. The highest BCUT2D eigenvalue weighted by Crippen LogP contribution is 2.23. The average Bonchev–Trinajstić information content (AvgIpc) is 3.10. The Bertz CT molecular complexity index is 706. The molecule has 22 heavy (non-hydrogen) atoms. The fourth-order valence-electron chi connectivity index (χ4n) is 2.43. The molecule has 0 aliphatic carbocycles. The van der Waals surface area contributed by atoms with Crippen molar-refractivity contribution in [3.05, 3.63) is 29.6 Å². The van der Waals surface area contributed by atoms with Gasteiger partial charge in [-0.25, -0.2) is 8.42 Å². The van der Waals surface area contributed by atoms with Gasteiger partial charge in [0.15, 0.2) is 5.82 Å². The van der Waals surface area contributed by atoms with Gasteiger partial charge in [-0.05, 0) is 30.5 Å². The summed E-state index contributed by atoms with van der Waals surface area (Å²) in [5.41, 5.74) is 0.867. The third kappa shape index (κ3) is 3.13. The second-order valence-electron chi connectivity index (χ2n) is 5.04. The fraction of sp³-hybridized carbons (Fsp3) is 0.429. The Morgan fingerprint density at radius 3 is 2.45 bits per heavy atom. The number of hydrogen-bond acceptors (Lipinski definition) is 6. The molecule has 6 nitrogen and oxygen atoms in total. The first-order chi connectivity index (χ1) is 10.6. The van der Waals surface area contributed by atoms with Crippen molar-refractivity contribution < 1.29 is 8.42 Å². The zero-order valence-corrected chi connectivity index (χ0v) is 14.0. The Hall–Kier alpha value is -1.51. The molecule has 118 valence electrons. The van der Waals surface area contributed by atoms with Crippen LogP contribution in [0.2, 0.25) is 0 Å². The zero-order chi connectivity index (χ0) is 15.6. The van der Waals surface area contributed by atoms with Crippen molar-refractivity contribution in [1.82, 2.24) is 14.5 Å². The molecule has 0 aromatic carbocycles. The Kier molecular flexibility index (Phi) is 4.42. The summed E-state index contributed by atoms with van der Waals surface area (Å²) in [6.45, 7) is 3.98. The Morgan fingerprint density at radius 1 is 1.14 bits per heavy atom. The summed E-state index contributed by atoms with van der Waals surface area (Å²) in [6.07, 6.45) is 0. The number of hydrogen-bond donors (Lipinski definition) is 0. The van der Waals surface area contributed by atoms with E-state index in [-0.39, 0.29) is 5.75 Å². The van der Waals surface area contributed by atoms with Crippen LogP contribution in [0.25, 0.3) is 10.6 Å². The summed E-state index contributed by atoms with van der Waals surface area (Å²) in [5, 5.41) is 10.6. The van der Waals surface area contributed by atoms with Crippen molar-refractivity contribution in [3.63, 3.8) is 0 Å². The predicted molar refractivity (Wildman–Crippen MR) is 88.6 cm³/mol. The summed E-state index contributed by atoms with van der Waals surface area (Å²) in [5.74, 6) is 0.955. The molecule has 2 aromatic rings. The van der Waals surface area contributed by atoms with Crippen LogP contribution in [0, 0.1) is 0 Å². The van der Waals surface area contributed by atoms with Crippen molar-refractivity contribution in [3.8, 4) is 10.6 Å². The second kappa shape index (κ2) is 6.31. The largest absolute Gasteiger partial charge is 0.352 e. The van der Waals surface area contributed by atoms with Gasteiger partial charge in [0.1, 0.15) is 5.69 Å². The molecule has 0 spiro atoms. The van der Waals surface area contributed by atoms with Gasteiger partial charge in [0.25, 0.3) is 0 Å². The fourth-order valence-corrected chi connectivity index (χ4v) is 4.20. The van der Waals surface area contributed by atoms with Crippen LogP contribution in [0.4, 0.5) is 5.82 Å². The number of piperazine rings is 1. The lowest BCUT2D eigenvalue weighted by atomic mass is 10.3. The summed E-state index contributed by atoms with van der Waals surface area (Å²) in [4.78, 5) is 3.17. The van der Waals surface area contributed by atoms with E-state index in [9.17, 15) is 8.42 Å². The smallest absolute Gasteiger partial charge is 0.213 e. The lowest BCUT2D eigenvalue weighted by molar-refractivity contribution is 0.384. The molecule has 3 heterocycles. The molecule has 0 unspecified atom stereocenters. The normalized spacial score (nSPS) is 16.9. The molecular weight excluding hydrogens is 320 g/mol. The van der Waals surface area contributed by atoms with E-state index in [4.69, 9.17) is 0 Å². The van der Waals surface area contributed by atoms with Crippen molar-refractivity contribution >= 4 is 27.2 Å². The van der Waals surface area contributed by atoms with E-state index in [1.54, 1.807) is 22.6 Å². The molecule has 0 saturated carbocycles. The van der Waals surface area contributed by atoms with Gasteiger partial charge < -0.3 is 4.90 Å². The number of anilines is 1. The van der Waals surface area contributed by atoms with Gasteiger partial charge >= 0.3 is 0 Å². The molecule has 0 bridgehead atoms. The molecule has 2 aromatic heterocycles. The van der Waals surface area contributed by atoms with Gasteiger partial charge in [-0.3, -0.25) is 0 Å². The number of thiophene rings is 1. The molecule has 0 atom stereocenters.